The maximum atomic E-state index is 11.5. The van der Waals surface area contributed by atoms with Crippen LogP contribution in [0.15, 0.2) is 30.5 Å². The molecular formula is C10H9N3O4. The summed E-state index contributed by atoms with van der Waals surface area (Å²) < 4.78 is 0. The summed E-state index contributed by atoms with van der Waals surface area (Å²) in [4.78, 5) is 35.7. The standard InChI is InChI=1S/C10H9N3O4/c1-2-3-9(14)12-10(15)7-4-5-11-8(6-7)13(16)17/h2-6H,1H3,(H,12,14,15). The fourth-order valence-electron chi connectivity index (χ4n) is 1.04. The summed E-state index contributed by atoms with van der Waals surface area (Å²) >= 11 is 0. The number of aromatic nitrogens is 1. The fraction of sp³-hybridized carbons (Fsp3) is 0.100. The summed E-state index contributed by atoms with van der Waals surface area (Å²) in [5.41, 5.74) is 0.00422. The monoisotopic (exact) mass is 235 g/mol. The number of nitrogens with zero attached hydrogens (tertiary/aromatic N) is 2. The molecule has 0 bridgehead atoms. The molecule has 7 nitrogen and oxygen atoms in total. The highest BCUT2D eigenvalue weighted by atomic mass is 16.6. The number of imide groups is 1. The van der Waals surface area contributed by atoms with Gasteiger partial charge in [-0.25, -0.2) is 0 Å². The number of rotatable bonds is 3. The van der Waals surface area contributed by atoms with Gasteiger partial charge in [-0.3, -0.25) is 14.9 Å². The Morgan fingerprint density at radius 2 is 2.24 bits per heavy atom. The molecular weight excluding hydrogens is 226 g/mol. The second-order valence-corrected chi connectivity index (χ2v) is 2.98. The number of nitro groups is 1. The first kappa shape index (κ1) is 12.5. The molecule has 0 aromatic carbocycles. The number of carbonyl (C=O) groups is 2. The van der Waals surface area contributed by atoms with Crippen LogP contribution in [0.2, 0.25) is 0 Å². The van der Waals surface area contributed by atoms with Gasteiger partial charge in [0.1, 0.15) is 6.20 Å². The molecule has 1 rings (SSSR count). The third kappa shape index (κ3) is 3.49. The maximum Gasteiger partial charge on any atom is 0.364 e. The predicted molar refractivity (Wildman–Crippen MR) is 58.2 cm³/mol. The lowest BCUT2D eigenvalue weighted by Crippen LogP contribution is -2.28. The van der Waals surface area contributed by atoms with E-state index in [0.29, 0.717) is 0 Å². The lowest BCUT2D eigenvalue weighted by molar-refractivity contribution is -0.389. The van der Waals surface area contributed by atoms with E-state index in [-0.39, 0.29) is 5.56 Å². The van der Waals surface area contributed by atoms with Crippen LogP contribution in [0.25, 0.3) is 0 Å². The van der Waals surface area contributed by atoms with Crippen molar-refractivity contribution in [3.8, 4) is 0 Å². The van der Waals surface area contributed by atoms with E-state index >= 15 is 0 Å². The summed E-state index contributed by atoms with van der Waals surface area (Å²) in [5, 5.41) is 12.5. The molecule has 0 aliphatic heterocycles. The molecule has 1 aromatic rings. The third-order valence-electron chi connectivity index (χ3n) is 1.75. The number of allylic oxidation sites excluding steroid dienone is 1. The number of hydrogen-bond acceptors (Lipinski definition) is 5. The minimum absolute atomic E-state index is 0.00422. The summed E-state index contributed by atoms with van der Waals surface area (Å²) in [6, 6.07) is 2.28. The van der Waals surface area contributed by atoms with Crippen molar-refractivity contribution in [3.05, 3.63) is 46.2 Å². The van der Waals surface area contributed by atoms with E-state index in [1.54, 1.807) is 6.92 Å². The van der Waals surface area contributed by atoms with Crippen LogP contribution in [-0.4, -0.2) is 21.7 Å². The van der Waals surface area contributed by atoms with Gasteiger partial charge in [-0.1, -0.05) is 6.08 Å². The van der Waals surface area contributed by atoms with E-state index in [1.807, 2.05) is 5.32 Å². The Kier molecular flexibility index (Phi) is 4.04. The molecule has 1 N–H and O–H groups in total. The second-order valence-electron chi connectivity index (χ2n) is 2.98. The molecule has 17 heavy (non-hydrogen) atoms. The molecule has 0 saturated carbocycles. The van der Waals surface area contributed by atoms with Crippen LogP contribution in [-0.2, 0) is 4.79 Å². The molecule has 0 unspecified atom stereocenters. The van der Waals surface area contributed by atoms with Crippen LogP contribution in [0, 0.1) is 10.1 Å². The molecule has 0 spiro atoms. The van der Waals surface area contributed by atoms with Gasteiger partial charge in [0.15, 0.2) is 0 Å². The molecule has 0 aliphatic rings. The Bertz CT molecular complexity index is 496. The third-order valence-corrected chi connectivity index (χ3v) is 1.75. The van der Waals surface area contributed by atoms with Crippen molar-refractivity contribution in [1.82, 2.24) is 10.3 Å². The Morgan fingerprint density at radius 1 is 1.53 bits per heavy atom. The van der Waals surface area contributed by atoms with Crippen LogP contribution in [0.3, 0.4) is 0 Å². The van der Waals surface area contributed by atoms with Gasteiger partial charge in [-0.05, 0) is 29.0 Å². The first-order valence-corrected chi connectivity index (χ1v) is 4.63. The van der Waals surface area contributed by atoms with Crippen molar-refractivity contribution in [2.24, 2.45) is 0 Å². The first-order chi connectivity index (χ1) is 8.04. The predicted octanol–water partition coefficient (Wildman–Crippen LogP) is 0.822. The van der Waals surface area contributed by atoms with Crippen molar-refractivity contribution in [1.29, 1.82) is 0 Å². The van der Waals surface area contributed by atoms with E-state index < -0.39 is 22.6 Å². The lowest BCUT2D eigenvalue weighted by Gasteiger charge is -2.00. The van der Waals surface area contributed by atoms with Gasteiger partial charge in [0, 0.05) is 6.07 Å². The number of nitrogens with one attached hydrogen (secondary N) is 1. The molecule has 0 atom stereocenters. The van der Waals surface area contributed by atoms with Gasteiger partial charge >= 0.3 is 5.82 Å². The largest absolute Gasteiger partial charge is 0.364 e. The van der Waals surface area contributed by atoms with Gasteiger partial charge in [-0.15, -0.1) is 0 Å². The quantitative estimate of drug-likeness (QED) is 0.474. The average Bonchev–Trinajstić information content (AvgIpc) is 2.29. The average molecular weight is 235 g/mol. The summed E-state index contributed by atoms with van der Waals surface area (Å²) in [7, 11) is 0. The maximum absolute atomic E-state index is 11.5. The zero-order chi connectivity index (χ0) is 12.8. The fourth-order valence-corrected chi connectivity index (χ4v) is 1.04. The zero-order valence-electron chi connectivity index (χ0n) is 8.91. The Morgan fingerprint density at radius 3 is 2.82 bits per heavy atom. The highest BCUT2D eigenvalue weighted by Gasteiger charge is 2.13. The van der Waals surface area contributed by atoms with E-state index in [0.717, 1.165) is 12.3 Å². The topological polar surface area (TPSA) is 102 Å². The van der Waals surface area contributed by atoms with Gasteiger partial charge < -0.3 is 10.1 Å². The summed E-state index contributed by atoms with van der Waals surface area (Å²) in [6.07, 6.45) is 3.78. The molecule has 0 fully saturated rings. The van der Waals surface area contributed by atoms with Gasteiger partial charge in [0.2, 0.25) is 5.91 Å². The van der Waals surface area contributed by atoms with E-state index in [4.69, 9.17) is 0 Å². The van der Waals surface area contributed by atoms with Crippen LogP contribution >= 0.6 is 0 Å². The SMILES string of the molecule is CC=CC(=O)NC(=O)c1ccnc([N+](=O)[O-])c1. The molecule has 2 amide bonds. The highest BCUT2D eigenvalue weighted by molar-refractivity contribution is 6.08. The number of pyridine rings is 1. The summed E-state index contributed by atoms with van der Waals surface area (Å²) in [6.45, 7) is 1.63. The normalized spacial score (nSPS) is 10.2. The summed E-state index contributed by atoms with van der Waals surface area (Å²) in [5.74, 6) is -1.74. The first-order valence-electron chi connectivity index (χ1n) is 4.63. The number of carbonyl (C=O) groups excluding carboxylic acids is 2. The van der Waals surface area contributed by atoms with E-state index in [1.165, 1.54) is 18.2 Å². The molecule has 7 heteroatoms. The molecule has 0 aliphatic carbocycles. The van der Waals surface area contributed by atoms with Crippen LogP contribution < -0.4 is 5.32 Å². The smallest absolute Gasteiger partial charge is 0.358 e. The number of amides is 2. The molecule has 88 valence electrons. The Labute approximate surface area is 96.3 Å². The van der Waals surface area contributed by atoms with E-state index in [9.17, 15) is 19.7 Å². The molecule has 1 aromatic heterocycles. The number of hydrogen-bond donors (Lipinski definition) is 1. The Hall–Kier alpha value is -2.57. The van der Waals surface area contributed by atoms with Crippen molar-refractivity contribution < 1.29 is 14.5 Å². The van der Waals surface area contributed by atoms with E-state index in [2.05, 4.69) is 4.98 Å². The lowest BCUT2D eigenvalue weighted by atomic mass is 10.2. The van der Waals surface area contributed by atoms with Gasteiger partial charge in [0.25, 0.3) is 5.91 Å². The van der Waals surface area contributed by atoms with Crippen LogP contribution in [0.5, 0.6) is 0 Å². The van der Waals surface area contributed by atoms with Gasteiger partial charge in [-0.2, -0.15) is 0 Å². The van der Waals surface area contributed by atoms with Crippen LogP contribution in [0.1, 0.15) is 17.3 Å². The van der Waals surface area contributed by atoms with Crippen LogP contribution in [0.4, 0.5) is 5.82 Å². The van der Waals surface area contributed by atoms with Gasteiger partial charge in [0.05, 0.1) is 5.56 Å². The van der Waals surface area contributed by atoms with Crippen molar-refractivity contribution >= 4 is 17.6 Å². The minimum Gasteiger partial charge on any atom is -0.358 e. The van der Waals surface area contributed by atoms with Crippen molar-refractivity contribution in [2.45, 2.75) is 6.92 Å². The Balaban J connectivity index is 2.86. The zero-order valence-corrected chi connectivity index (χ0v) is 8.91. The van der Waals surface area contributed by atoms with Crippen molar-refractivity contribution in [2.75, 3.05) is 0 Å². The molecule has 0 radical (unpaired) electrons. The highest BCUT2D eigenvalue weighted by Crippen LogP contribution is 2.08. The second kappa shape index (κ2) is 5.50. The minimum atomic E-state index is -0.718. The van der Waals surface area contributed by atoms with Crippen molar-refractivity contribution in [3.63, 3.8) is 0 Å². The molecule has 0 saturated heterocycles. The molecule has 1 heterocycles.